The highest BCUT2D eigenvalue weighted by Gasteiger charge is 2.06. The fourth-order valence-electron chi connectivity index (χ4n) is 2.28. The third-order valence-corrected chi connectivity index (χ3v) is 3.62. The Hall–Kier alpha value is -3.74. The number of hydrogen-bond donors (Lipinski definition) is 0. The smallest absolute Gasteiger partial charge is 0.332 e. The summed E-state index contributed by atoms with van der Waals surface area (Å²) in [5.41, 5.74) is 0.929. The highest BCUT2D eigenvalue weighted by Crippen LogP contribution is 2.13. The lowest BCUT2D eigenvalue weighted by molar-refractivity contribution is -0.141. The summed E-state index contributed by atoms with van der Waals surface area (Å²) in [6.45, 7) is 3.70. The van der Waals surface area contributed by atoms with Gasteiger partial charge in [-0.3, -0.25) is 4.79 Å². The summed E-state index contributed by atoms with van der Waals surface area (Å²) in [5, 5.41) is 8.11. The Kier molecular flexibility index (Phi) is 5.73. The number of carbonyl (C=O) groups excluding carboxylic acids is 1. The zero-order valence-electron chi connectivity index (χ0n) is 14.4. The van der Waals surface area contributed by atoms with E-state index in [2.05, 4.69) is 16.9 Å². The van der Waals surface area contributed by atoms with Crippen LogP contribution in [0.5, 0.6) is 5.75 Å². The van der Waals surface area contributed by atoms with Crippen LogP contribution in [-0.4, -0.2) is 27.6 Å². The second kappa shape index (κ2) is 8.57. The van der Waals surface area contributed by atoms with Gasteiger partial charge in [0.1, 0.15) is 17.9 Å². The molecule has 2 aromatic carbocycles. The molecule has 7 heteroatoms. The number of aromatic nitrogens is 3. The number of benzene rings is 2. The van der Waals surface area contributed by atoms with Crippen molar-refractivity contribution in [3.05, 3.63) is 83.2 Å². The maximum atomic E-state index is 12.3. The Morgan fingerprint density at radius 1 is 1.15 bits per heavy atom. The van der Waals surface area contributed by atoms with Crippen LogP contribution in [0.2, 0.25) is 0 Å². The molecule has 3 rings (SSSR count). The van der Waals surface area contributed by atoms with Crippen molar-refractivity contribution >= 4 is 22.9 Å². The van der Waals surface area contributed by atoms with Gasteiger partial charge in [0.15, 0.2) is 6.73 Å². The molecule has 0 amide bonds. The number of rotatable bonds is 7. The molecule has 0 aliphatic carbocycles. The SMILES string of the molecule is C=CCOc1ccc(/C=C/C(=O)OCn2nnc3ccccc3c2=O)cc1. The molecule has 0 bridgehead atoms. The monoisotopic (exact) mass is 363 g/mol. The van der Waals surface area contributed by atoms with Crippen LogP contribution in [0.15, 0.2) is 72.1 Å². The van der Waals surface area contributed by atoms with E-state index in [-0.39, 0.29) is 12.3 Å². The average molecular weight is 363 g/mol. The van der Waals surface area contributed by atoms with E-state index >= 15 is 0 Å². The molecule has 3 aromatic rings. The molecule has 0 unspecified atom stereocenters. The van der Waals surface area contributed by atoms with Gasteiger partial charge in [-0.1, -0.05) is 42.1 Å². The second-order valence-electron chi connectivity index (χ2n) is 5.51. The van der Waals surface area contributed by atoms with Crippen molar-refractivity contribution in [2.75, 3.05) is 6.61 Å². The number of ether oxygens (including phenoxy) is 2. The summed E-state index contributed by atoms with van der Waals surface area (Å²) >= 11 is 0. The van der Waals surface area contributed by atoms with Crippen LogP contribution in [0.1, 0.15) is 5.56 Å². The minimum atomic E-state index is -0.594. The summed E-state index contributed by atoms with van der Waals surface area (Å²) < 4.78 is 11.4. The number of nitrogens with zero attached hydrogens (tertiary/aromatic N) is 3. The van der Waals surface area contributed by atoms with E-state index in [1.807, 2.05) is 12.1 Å². The third kappa shape index (κ3) is 4.66. The Labute approximate surface area is 155 Å². The Morgan fingerprint density at radius 2 is 1.93 bits per heavy atom. The molecule has 7 nitrogen and oxygen atoms in total. The summed E-state index contributed by atoms with van der Waals surface area (Å²) in [5.74, 6) is 0.118. The second-order valence-corrected chi connectivity index (χ2v) is 5.51. The van der Waals surface area contributed by atoms with Crippen molar-refractivity contribution in [3.8, 4) is 5.75 Å². The van der Waals surface area contributed by atoms with Gasteiger partial charge in [-0.05, 0) is 35.9 Å². The number of fused-ring (bicyclic) bond motifs is 1. The molecule has 0 aliphatic heterocycles. The van der Waals surface area contributed by atoms with Crippen LogP contribution < -0.4 is 10.3 Å². The van der Waals surface area contributed by atoms with E-state index in [1.54, 1.807) is 48.6 Å². The van der Waals surface area contributed by atoms with Gasteiger partial charge in [0.2, 0.25) is 0 Å². The summed E-state index contributed by atoms with van der Waals surface area (Å²) in [6, 6.07) is 14.0. The van der Waals surface area contributed by atoms with Gasteiger partial charge in [-0.2, -0.15) is 4.68 Å². The van der Waals surface area contributed by atoms with Crippen LogP contribution in [0.3, 0.4) is 0 Å². The van der Waals surface area contributed by atoms with Crippen molar-refractivity contribution in [3.63, 3.8) is 0 Å². The van der Waals surface area contributed by atoms with Crippen molar-refractivity contribution in [1.82, 2.24) is 15.0 Å². The first-order chi connectivity index (χ1) is 13.2. The molecule has 0 radical (unpaired) electrons. The van der Waals surface area contributed by atoms with Gasteiger partial charge in [-0.25, -0.2) is 4.79 Å². The van der Waals surface area contributed by atoms with Crippen molar-refractivity contribution in [2.24, 2.45) is 0 Å². The maximum Gasteiger partial charge on any atom is 0.332 e. The van der Waals surface area contributed by atoms with Gasteiger partial charge >= 0.3 is 5.97 Å². The lowest BCUT2D eigenvalue weighted by Crippen LogP contribution is -2.26. The molecule has 27 heavy (non-hydrogen) atoms. The van der Waals surface area contributed by atoms with Gasteiger partial charge in [0, 0.05) is 6.08 Å². The van der Waals surface area contributed by atoms with Crippen LogP contribution in [-0.2, 0) is 16.3 Å². The first-order valence-corrected chi connectivity index (χ1v) is 8.18. The normalized spacial score (nSPS) is 10.8. The number of esters is 1. The number of carbonyl (C=O) groups is 1. The molecule has 0 aliphatic rings. The van der Waals surface area contributed by atoms with Gasteiger partial charge in [0.25, 0.3) is 5.56 Å². The van der Waals surface area contributed by atoms with Crippen LogP contribution in [0, 0.1) is 0 Å². The first kappa shape index (κ1) is 18.1. The summed E-state index contributed by atoms with van der Waals surface area (Å²) in [4.78, 5) is 24.1. The number of hydrogen-bond acceptors (Lipinski definition) is 6. The maximum absolute atomic E-state index is 12.3. The van der Waals surface area contributed by atoms with Gasteiger partial charge < -0.3 is 9.47 Å². The lowest BCUT2D eigenvalue weighted by Gasteiger charge is -2.05. The standard InChI is InChI=1S/C20H17N3O4/c1-2-13-26-16-10-7-15(8-11-16)9-12-19(24)27-14-23-20(25)17-5-3-4-6-18(17)21-22-23/h2-12H,1,13-14H2/b12-9+. The Morgan fingerprint density at radius 3 is 2.70 bits per heavy atom. The van der Waals surface area contributed by atoms with E-state index in [9.17, 15) is 9.59 Å². The van der Waals surface area contributed by atoms with Crippen molar-refractivity contribution in [1.29, 1.82) is 0 Å². The molecule has 0 fully saturated rings. The third-order valence-electron chi connectivity index (χ3n) is 3.62. The molecule has 1 heterocycles. The summed E-state index contributed by atoms with van der Waals surface area (Å²) in [7, 11) is 0. The topological polar surface area (TPSA) is 83.3 Å². The molecule has 1 aromatic heterocycles. The van der Waals surface area contributed by atoms with E-state index < -0.39 is 5.97 Å². The molecule has 0 N–H and O–H groups in total. The van der Waals surface area contributed by atoms with Crippen molar-refractivity contribution in [2.45, 2.75) is 6.73 Å². The molecule has 136 valence electrons. The lowest BCUT2D eigenvalue weighted by atomic mass is 10.2. The zero-order valence-corrected chi connectivity index (χ0v) is 14.4. The highest BCUT2D eigenvalue weighted by molar-refractivity contribution is 5.87. The van der Waals surface area contributed by atoms with Crippen LogP contribution >= 0.6 is 0 Å². The quantitative estimate of drug-likeness (QED) is 0.364. The fraction of sp³-hybridized carbons (Fsp3) is 0.100. The Bertz CT molecular complexity index is 1040. The molecular weight excluding hydrogens is 346 g/mol. The van der Waals surface area contributed by atoms with Crippen molar-refractivity contribution < 1.29 is 14.3 Å². The van der Waals surface area contributed by atoms with E-state index in [0.717, 1.165) is 10.2 Å². The van der Waals surface area contributed by atoms with Gasteiger partial charge in [-0.15, -0.1) is 5.10 Å². The molecule has 0 saturated carbocycles. The van der Waals surface area contributed by atoms with E-state index in [1.165, 1.54) is 6.08 Å². The predicted molar refractivity (Wildman–Crippen MR) is 101 cm³/mol. The molecule has 0 saturated heterocycles. The highest BCUT2D eigenvalue weighted by atomic mass is 16.5. The van der Waals surface area contributed by atoms with Gasteiger partial charge in [0.05, 0.1) is 5.39 Å². The summed E-state index contributed by atoms with van der Waals surface area (Å²) in [6.07, 6.45) is 4.54. The minimum Gasteiger partial charge on any atom is -0.490 e. The largest absolute Gasteiger partial charge is 0.490 e. The minimum absolute atomic E-state index is 0.311. The van der Waals surface area contributed by atoms with Crippen LogP contribution in [0.25, 0.3) is 17.0 Å². The predicted octanol–water partition coefficient (Wildman–Crippen LogP) is 2.57. The van der Waals surface area contributed by atoms with Crippen LogP contribution in [0.4, 0.5) is 0 Å². The average Bonchev–Trinajstić information content (AvgIpc) is 2.71. The molecule has 0 spiro atoms. The Balaban J connectivity index is 1.59. The fourth-order valence-corrected chi connectivity index (χ4v) is 2.28. The van der Waals surface area contributed by atoms with E-state index in [4.69, 9.17) is 9.47 Å². The molecule has 0 atom stereocenters. The molecular formula is C20H17N3O4. The zero-order chi connectivity index (χ0) is 19.1. The van der Waals surface area contributed by atoms with E-state index in [0.29, 0.717) is 23.3 Å². The first-order valence-electron chi connectivity index (χ1n) is 8.18.